The highest BCUT2D eigenvalue weighted by molar-refractivity contribution is 5.05. The van der Waals surface area contributed by atoms with Crippen LogP contribution in [0.1, 0.15) is 59.3 Å². The van der Waals surface area contributed by atoms with Gasteiger partial charge in [-0.1, -0.05) is 11.6 Å². The highest BCUT2D eigenvalue weighted by Crippen LogP contribution is 2.48. The molecule has 1 saturated carbocycles. The predicted molar refractivity (Wildman–Crippen MR) is 78.6 cm³/mol. The highest BCUT2D eigenvalue weighted by atomic mass is 16.7. The van der Waals surface area contributed by atoms with Crippen molar-refractivity contribution in [2.45, 2.75) is 70.9 Å². The molecule has 4 unspecified atom stereocenters. The van der Waals surface area contributed by atoms with Gasteiger partial charge in [-0.15, -0.1) is 0 Å². The highest BCUT2D eigenvalue weighted by Gasteiger charge is 2.50. The summed E-state index contributed by atoms with van der Waals surface area (Å²) in [6.45, 7) is 6.82. The lowest BCUT2D eigenvalue weighted by Crippen LogP contribution is -2.40. The zero-order valence-corrected chi connectivity index (χ0v) is 13.0. The zero-order valence-electron chi connectivity index (χ0n) is 13.0. The first kappa shape index (κ1) is 13.6. The predicted octanol–water partition coefficient (Wildman–Crippen LogP) is 4.17. The maximum absolute atomic E-state index is 6.07. The lowest BCUT2D eigenvalue weighted by molar-refractivity contribution is -0.179. The van der Waals surface area contributed by atoms with Crippen LogP contribution in [0.4, 0.5) is 0 Å². The van der Waals surface area contributed by atoms with Crippen molar-refractivity contribution in [2.75, 3.05) is 7.05 Å². The second-order valence-corrected chi connectivity index (χ2v) is 7.57. The summed E-state index contributed by atoms with van der Waals surface area (Å²) in [5.74, 6) is 2.59. The van der Waals surface area contributed by atoms with Gasteiger partial charge in [-0.25, -0.2) is 0 Å². The summed E-state index contributed by atoms with van der Waals surface area (Å²) in [5.41, 5.74) is 1.65. The van der Waals surface area contributed by atoms with Crippen molar-refractivity contribution in [3.63, 3.8) is 0 Å². The van der Waals surface area contributed by atoms with Crippen molar-refractivity contribution >= 4 is 0 Å². The molecule has 2 nitrogen and oxygen atoms in total. The number of hydroxylamine groups is 2. The van der Waals surface area contributed by atoms with E-state index in [9.17, 15) is 0 Å². The van der Waals surface area contributed by atoms with E-state index in [0.717, 1.165) is 17.8 Å². The Morgan fingerprint density at radius 1 is 1.21 bits per heavy atom. The molecule has 0 aromatic heterocycles. The molecule has 19 heavy (non-hydrogen) atoms. The summed E-state index contributed by atoms with van der Waals surface area (Å²) in [7, 11) is 2.14. The lowest BCUT2D eigenvalue weighted by atomic mass is 9.67. The Labute approximate surface area is 118 Å². The number of allylic oxidation sites excluding steroid dienone is 2. The largest absolute Gasteiger partial charge is 0.293 e. The van der Waals surface area contributed by atoms with Gasteiger partial charge in [-0.05, 0) is 71.1 Å². The van der Waals surface area contributed by atoms with E-state index in [2.05, 4.69) is 39.0 Å². The van der Waals surface area contributed by atoms with E-state index in [1.54, 1.807) is 5.57 Å². The number of hydrogen-bond donors (Lipinski definition) is 0. The Balaban J connectivity index is 1.67. The molecule has 0 aromatic carbocycles. The quantitative estimate of drug-likeness (QED) is 0.658. The zero-order chi connectivity index (χ0) is 13.6. The summed E-state index contributed by atoms with van der Waals surface area (Å²) in [6, 6.07) is 0.653. The molecule has 2 fully saturated rings. The Morgan fingerprint density at radius 3 is 2.68 bits per heavy atom. The third-order valence-corrected chi connectivity index (χ3v) is 5.94. The van der Waals surface area contributed by atoms with Crippen molar-refractivity contribution in [1.29, 1.82) is 0 Å². The van der Waals surface area contributed by atoms with Crippen LogP contribution < -0.4 is 0 Å². The van der Waals surface area contributed by atoms with Gasteiger partial charge in [0.1, 0.15) is 0 Å². The van der Waals surface area contributed by atoms with Gasteiger partial charge in [0.05, 0.1) is 5.60 Å². The Morgan fingerprint density at radius 2 is 2.00 bits per heavy atom. The van der Waals surface area contributed by atoms with E-state index < -0.39 is 0 Å². The smallest absolute Gasteiger partial charge is 0.0887 e. The molecule has 3 aliphatic rings. The van der Waals surface area contributed by atoms with Crippen LogP contribution in [-0.2, 0) is 4.84 Å². The third-order valence-electron chi connectivity index (χ3n) is 5.94. The van der Waals surface area contributed by atoms with E-state index in [1.165, 1.54) is 38.5 Å². The first-order valence-corrected chi connectivity index (χ1v) is 8.05. The third kappa shape index (κ3) is 2.50. The SMILES string of the molecule is CC1=CCC(C2CCC3C(C2)N(C)OC3(C)C)CC1. The van der Waals surface area contributed by atoms with E-state index >= 15 is 0 Å². The minimum Gasteiger partial charge on any atom is -0.293 e. The monoisotopic (exact) mass is 263 g/mol. The fourth-order valence-electron chi connectivity index (χ4n) is 4.74. The topological polar surface area (TPSA) is 12.5 Å². The average Bonchev–Trinajstić information content (AvgIpc) is 2.60. The summed E-state index contributed by atoms with van der Waals surface area (Å²) in [4.78, 5) is 6.07. The van der Waals surface area contributed by atoms with E-state index in [1.807, 2.05) is 0 Å². The maximum atomic E-state index is 6.07. The molecule has 2 heteroatoms. The molecule has 1 aliphatic heterocycles. The van der Waals surface area contributed by atoms with Crippen LogP contribution in [0.25, 0.3) is 0 Å². The lowest BCUT2D eigenvalue weighted by Gasteiger charge is -2.39. The first-order valence-electron chi connectivity index (χ1n) is 8.05. The molecule has 4 atom stereocenters. The molecular formula is C17H29NO. The second kappa shape index (κ2) is 4.89. The van der Waals surface area contributed by atoms with Crippen molar-refractivity contribution in [3.05, 3.63) is 11.6 Å². The Kier molecular flexibility index (Phi) is 3.51. The van der Waals surface area contributed by atoms with E-state index in [-0.39, 0.29) is 5.60 Å². The first-order chi connectivity index (χ1) is 8.97. The normalized spacial score (nSPS) is 42.8. The van der Waals surface area contributed by atoms with Gasteiger partial charge in [0, 0.05) is 19.0 Å². The minimum absolute atomic E-state index is 0.0491. The van der Waals surface area contributed by atoms with Crippen molar-refractivity contribution in [3.8, 4) is 0 Å². The van der Waals surface area contributed by atoms with Crippen LogP contribution in [0.5, 0.6) is 0 Å². The number of nitrogens with zero attached hydrogens (tertiary/aromatic N) is 1. The van der Waals surface area contributed by atoms with E-state index in [4.69, 9.17) is 4.84 Å². The average molecular weight is 263 g/mol. The van der Waals surface area contributed by atoms with Gasteiger partial charge >= 0.3 is 0 Å². The van der Waals surface area contributed by atoms with Crippen LogP contribution in [0.15, 0.2) is 11.6 Å². The molecule has 0 N–H and O–H groups in total. The minimum atomic E-state index is 0.0491. The maximum Gasteiger partial charge on any atom is 0.0887 e. The van der Waals surface area contributed by atoms with E-state index in [0.29, 0.717) is 6.04 Å². The summed E-state index contributed by atoms with van der Waals surface area (Å²) < 4.78 is 0. The second-order valence-electron chi connectivity index (χ2n) is 7.57. The molecule has 0 spiro atoms. The molecule has 2 aliphatic carbocycles. The molecule has 0 amide bonds. The van der Waals surface area contributed by atoms with Gasteiger partial charge in [-0.2, -0.15) is 5.06 Å². The number of hydrogen-bond acceptors (Lipinski definition) is 2. The molecule has 1 saturated heterocycles. The molecule has 0 aromatic rings. The van der Waals surface area contributed by atoms with Gasteiger partial charge in [0.15, 0.2) is 0 Å². The summed E-state index contributed by atoms with van der Waals surface area (Å²) in [5, 5.41) is 2.17. The molecule has 0 bridgehead atoms. The molecule has 3 rings (SSSR count). The van der Waals surface area contributed by atoms with Crippen LogP contribution in [0.2, 0.25) is 0 Å². The number of fused-ring (bicyclic) bond motifs is 1. The molecular weight excluding hydrogens is 234 g/mol. The van der Waals surface area contributed by atoms with Crippen LogP contribution in [-0.4, -0.2) is 23.8 Å². The molecule has 0 radical (unpaired) electrons. The fourth-order valence-corrected chi connectivity index (χ4v) is 4.74. The van der Waals surface area contributed by atoms with Gasteiger partial charge < -0.3 is 0 Å². The Bertz CT molecular complexity index is 373. The van der Waals surface area contributed by atoms with Crippen molar-refractivity contribution in [1.82, 2.24) is 5.06 Å². The number of rotatable bonds is 1. The summed E-state index contributed by atoms with van der Waals surface area (Å²) >= 11 is 0. The standard InChI is InChI=1S/C17H29NO/c1-12-5-7-13(8-6-12)14-9-10-15-16(11-14)18(4)19-17(15,2)3/h5,13-16H,6-11H2,1-4H3. The van der Waals surface area contributed by atoms with Gasteiger partial charge in [0.2, 0.25) is 0 Å². The van der Waals surface area contributed by atoms with Gasteiger partial charge in [0.25, 0.3) is 0 Å². The summed E-state index contributed by atoms with van der Waals surface area (Å²) in [6.07, 6.45) is 10.7. The Hall–Kier alpha value is -0.340. The van der Waals surface area contributed by atoms with Crippen LogP contribution >= 0.6 is 0 Å². The van der Waals surface area contributed by atoms with Crippen LogP contribution in [0, 0.1) is 17.8 Å². The van der Waals surface area contributed by atoms with Crippen molar-refractivity contribution < 1.29 is 4.84 Å². The van der Waals surface area contributed by atoms with Crippen molar-refractivity contribution in [2.24, 2.45) is 17.8 Å². The van der Waals surface area contributed by atoms with Gasteiger partial charge in [-0.3, -0.25) is 4.84 Å². The van der Waals surface area contributed by atoms with Crippen LogP contribution in [0.3, 0.4) is 0 Å². The molecule has 108 valence electrons. The molecule has 1 heterocycles. The fraction of sp³-hybridized carbons (Fsp3) is 0.882.